The van der Waals surface area contributed by atoms with Crippen LogP contribution in [0.15, 0.2) is 59.4 Å². The van der Waals surface area contributed by atoms with E-state index in [0.717, 1.165) is 22.9 Å². The van der Waals surface area contributed by atoms with Crippen molar-refractivity contribution in [3.05, 3.63) is 82.3 Å². The topological polar surface area (TPSA) is 73.2 Å². The van der Waals surface area contributed by atoms with Crippen molar-refractivity contribution in [3.8, 4) is 11.4 Å². The highest BCUT2D eigenvalue weighted by Gasteiger charge is 2.18. The summed E-state index contributed by atoms with van der Waals surface area (Å²) >= 11 is 0. The van der Waals surface area contributed by atoms with E-state index in [4.69, 9.17) is 4.74 Å². The summed E-state index contributed by atoms with van der Waals surface area (Å²) in [4.78, 5) is 24.7. The molecule has 3 rings (SSSR count). The van der Waals surface area contributed by atoms with Gasteiger partial charge in [0.1, 0.15) is 0 Å². The summed E-state index contributed by atoms with van der Waals surface area (Å²) in [6.45, 7) is 0. The molecule has 0 saturated carbocycles. The fourth-order valence-electron chi connectivity index (χ4n) is 2.27. The minimum atomic E-state index is -1.10. The second-order valence-corrected chi connectivity index (χ2v) is 5.23. The number of hydrogen-bond acceptors (Lipinski definition) is 4. The Labute approximate surface area is 146 Å². The quantitative estimate of drug-likeness (QED) is 0.779. The molecule has 0 aliphatic heterocycles. The van der Waals surface area contributed by atoms with Crippen LogP contribution in [0, 0.1) is 11.6 Å². The molecule has 0 atom stereocenters. The molecule has 2 aromatic carbocycles. The monoisotopic (exact) mass is 357 g/mol. The lowest BCUT2D eigenvalue weighted by Gasteiger charge is -2.11. The van der Waals surface area contributed by atoms with Gasteiger partial charge in [-0.2, -0.15) is 9.78 Å². The molecular weight excluding hydrogens is 344 g/mol. The average Bonchev–Trinajstić information content (AvgIpc) is 2.65. The molecule has 0 saturated heterocycles. The van der Waals surface area contributed by atoms with Gasteiger partial charge in [-0.3, -0.25) is 9.59 Å². The van der Waals surface area contributed by atoms with E-state index in [0.29, 0.717) is 5.69 Å². The molecule has 132 valence electrons. The van der Waals surface area contributed by atoms with Gasteiger partial charge in [0.05, 0.1) is 18.9 Å². The first-order chi connectivity index (χ1) is 12.5. The predicted molar refractivity (Wildman–Crippen MR) is 90.7 cm³/mol. The number of amides is 1. The Hall–Kier alpha value is -3.55. The number of halogens is 2. The first-order valence-corrected chi connectivity index (χ1v) is 7.50. The van der Waals surface area contributed by atoms with Crippen LogP contribution >= 0.6 is 0 Å². The van der Waals surface area contributed by atoms with Gasteiger partial charge in [0.15, 0.2) is 23.1 Å². The summed E-state index contributed by atoms with van der Waals surface area (Å²) in [6, 6.07) is 12.6. The maximum Gasteiger partial charge on any atom is 0.280 e. The van der Waals surface area contributed by atoms with Gasteiger partial charge < -0.3 is 10.1 Å². The molecule has 6 nitrogen and oxygen atoms in total. The number of ether oxygens (including phenoxy) is 1. The molecule has 0 fully saturated rings. The van der Waals surface area contributed by atoms with Gasteiger partial charge in [-0.1, -0.05) is 18.2 Å². The molecule has 1 amide bonds. The zero-order valence-corrected chi connectivity index (χ0v) is 13.6. The fraction of sp³-hybridized carbons (Fsp3) is 0.0556. The molecule has 26 heavy (non-hydrogen) atoms. The number of carbonyl (C=O) groups excluding carboxylic acids is 1. The van der Waals surface area contributed by atoms with Crippen molar-refractivity contribution < 1.29 is 18.3 Å². The SMILES string of the molecule is COc1cc(=O)n(-c2ccccc2)nc1C(=O)Nc1ccc(F)c(F)c1. The number of methoxy groups -OCH3 is 1. The molecule has 0 unspecified atom stereocenters. The first kappa shape index (κ1) is 17.3. The lowest BCUT2D eigenvalue weighted by atomic mass is 10.2. The predicted octanol–water partition coefficient (Wildman–Crippen LogP) is 2.77. The van der Waals surface area contributed by atoms with Gasteiger partial charge in [-0.05, 0) is 24.3 Å². The smallest absolute Gasteiger partial charge is 0.280 e. The van der Waals surface area contributed by atoms with E-state index < -0.39 is 23.1 Å². The largest absolute Gasteiger partial charge is 0.494 e. The van der Waals surface area contributed by atoms with E-state index >= 15 is 0 Å². The van der Waals surface area contributed by atoms with Crippen molar-refractivity contribution in [1.29, 1.82) is 0 Å². The minimum Gasteiger partial charge on any atom is -0.494 e. The van der Waals surface area contributed by atoms with Crippen molar-refractivity contribution in [1.82, 2.24) is 9.78 Å². The van der Waals surface area contributed by atoms with Crippen LogP contribution in [0.3, 0.4) is 0 Å². The highest BCUT2D eigenvalue weighted by atomic mass is 19.2. The van der Waals surface area contributed by atoms with Crippen LogP contribution in [-0.2, 0) is 0 Å². The number of hydrogen-bond donors (Lipinski definition) is 1. The van der Waals surface area contributed by atoms with Gasteiger partial charge in [0, 0.05) is 11.8 Å². The van der Waals surface area contributed by atoms with E-state index in [9.17, 15) is 18.4 Å². The molecule has 0 aliphatic carbocycles. The van der Waals surface area contributed by atoms with Crippen LogP contribution in [0.25, 0.3) is 5.69 Å². The number of nitrogens with one attached hydrogen (secondary N) is 1. The van der Waals surface area contributed by atoms with Crippen molar-refractivity contribution in [2.75, 3.05) is 12.4 Å². The summed E-state index contributed by atoms with van der Waals surface area (Å²) in [6.07, 6.45) is 0. The van der Waals surface area contributed by atoms with Gasteiger partial charge in [0.25, 0.3) is 11.5 Å². The third kappa shape index (κ3) is 3.44. The van der Waals surface area contributed by atoms with E-state index in [-0.39, 0.29) is 17.1 Å². The summed E-state index contributed by atoms with van der Waals surface area (Å²) in [5.41, 5.74) is -0.171. The van der Waals surface area contributed by atoms with Gasteiger partial charge >= 0.3 is 0 Å². The van der Waals surface area contributed by atoms with E-state index in [1.807, 2.05) is 0 Å². The van der Waals surface area contributed by atoms with Crippen molar-refractivity contribution in [2.45, 2.75) is 0 Å². The number of aromatic nitrogens is 2. The molecule has 3 aromatic rings. The number of benzene rings is 2. The molecule has 1 N–H and O–H groups in total. The summed E-state index contributed by atoms with van der Waals surface area (Å²) in [5.74, 6) is -2.91. The maximum atomic E-state index is 13.3. The molecule has 0 radical (unpaired) electrons. The molecule has 0 aliphatic rings. The normalized spacial score (nSPS) is 10.4. The fourth-order valence-corrected chi connectivity index (χ4v) is 2.27. The zero-order valence-electron chi connectivity index (χ0n) is 13.6. The molecule has 0 bridgehead atoms. The number of anilines is 1. The van der Waals surface area contributed by atoms with Crippen LogP contribution < -0.4 is 15.6 Å². The molecule has 8 heteroatoms. The average molecular weight is 357 g/mol. The Balaban J connectivity index is 2.01. The van der Waals surface area contributed by atoms with Crippen LogP contribution in [-0.4, -0.2) is 22.8 Å². The van der Waals surface area contributed by atoms with Crippen LogP contribution in [0.2, 0.25) is 0 Å². The Morgan fingerprint density at radius 1 is 1.08 bits per heavy atom. The third-order valence-electron chi connectivity index (χ3n) is 3.51. The second kappa shape index (κ2) is 7.14. The van der Waals surface area contributed by atoms with E-state index in [1.54, 1.807) is 30.3 Å². The van der Waals surface area contributed by atoms with Gasteiger partial charge in [-0.25, -0.2) is 8.78 Å². The standard InChI is InChI=1S/C18H13F2N3O3/c1-26-15-10-16(24)23(12-5-3-2-4-6-12)22-17(15)18(25)21-11-7-8-13(19)14(20)9-11/h2-10H,1H3,(H,21,25). The second-order valence-electron chi connectivity index (χ2n) is 5.23. The Morgan fingerprint density at radius 2 is 1.81 bits per heavy atom. The van der Waals surface area contributed by atoms with E-state index in [2.05, 4.69) is 10.4 Å². The van der Waals surface area contributed by atoms with Gasteiger partial charge in [0.2, 0.25) is 0 Å². The summed E-state index contributed by atoms with van der Waals surface area (Å²) in [5, 5.41) is 6.44. The van der Waals surface area contributed by atoms with Crippen LogP contribution in [0.1, 0.15) is 10.5 Å². The maximum absolute atomic E-state index is 13.3. The number of nitrogens with zero attached hydrogens (tertiary/aromatic N) is 2. The molecular formula is C18H13F2N3O3. The van der Waals surface area contributed by atoms with Crippen molar-refractivity contribution in [2.24, 2.45) is 0 Å². The zero-order chi connectivity index (χ0) is 18.7. The Kier molecular flexibility index (Phi) is 4.74. The highest BCUT2D eigenvalue weighted by molar-refractivity contribution is 6.04. The Morgan fingerprint density at radius 3 is 2.46 bits per heavy atom. The van der Waals surface area contributed by atoms with Crippen molar-refractivity contribution in [3.63, 3.8) is 0 Å². The minimum absolute atomic E-state index is 0.0372. The molecule has 1 heterocycles. The van der Waals surface area contributed by atoms with Crippen LogP contribution in [0.5, 0.6) is 5.75 Å². The van der Waals surface area contributed by atoms with Gasteiger partial charge in [-0.15, -0.1) is 0 Å². The van der Waals surface area contributed by atoms with Crippen LogP contribution in [0.4, 0.5) is 14.5 Å². The Bertz CT molecular complexity index is 1020. The lowest BCUT2D eigenvalue weighted by Crippen LogP contribution is -2.26. The third-order valence-corrected chi connectivity index (χ3v) is 3.51. The highest BCUT2D eigenvalue weighted by Crippen LogP contribution is 2.18. The summed E-state index contributed by atoms with van der Waals surface area (Å²) in [7, 11) is 1.29. The van der Waals surface area contributed by atoms with Crippen molar-refractivity contribution >= 4 is 11.6 Å². The summed E-state index contributed by atoms with van der Waals surface area (Å²) < 4.78 is 32.4. The molecule has 0 spiro atoms. The number of para-hydroxylation sites is 1. The van der Waals surface area contributed by atoms with E-state index in [1.165, 1.54) is 13.2 Å². The lowest BCUT2D eigenvalue weighted by molar-refractivity contribution is 0.101. The number of carbonyl (C=O) groups is 1. The number of rotatable bonds is 4. The molecule has 1 aromatic heterocycles. The first-order valence-electron chi connectivity index (χ1n) is 7.50.